The zero-order valence-corrected chi connectivity index (χ0v) is 13.6. The fraction of sp³-hybridized carbons (Fsp3) is 0.857. The summed E-state index contributed by atoms with van der Waals surface area (Å²) in [5.74, 6) is 2.09. The van der Waals surface area contributed by atoms with Crippen LogP contribution in [0.3, 0.4) is 0 Å². The number of piperidine rings is 1. The van der Waals surface area contributed by atoms with Crippen molar-refractivity contribution in [3.05, 3.63) is 5.82 Å². The number of rotatable bonds is 7. The number of hydrogen-bond donors (Lipinski definition) is 1. The Morgan fingerprint density at radius 3 is 3.05 bits per heavy atom. The number of methoxy groups -OCH3 is 1. The number of nitrogens with zero attached hydrogens (tertiary/aromatic N) is 3. The summed E-state index contributed by atoms with van der Waals surface area (Å²) in [4.78, 5) is 7.07. The molecule has 1 aliphatic heterocycles. The van der Waals surface area contributed by atoms with Crippen LogP contribution in [0.15, 0.2) is 0 Å². The van der Waals surface area contributed by atoms with Crippen molar-refractivity contribution in [1.82, 2.24) is 14.7 Å². The van der Waals surface area contributed by atoms with Crippen LogP contribution in [0.4, 0.5) is 5.13 Å². The third-order valence-electron chi connectivity index (χ3n) is 3.65. The first kappa shape index (κ1) is 15.7. The van der Waals surface area contributed by atoms with Crippen LogP contribution in [0.1, 0.15) is 38.4 Å². The molecule has 0 saturated carbocycles. The highest BCUT2D eigenvalue weighted by molar-refractivity contribution is 7.09. The van der Waals surface area contributed by atoms with Gasteiger partial charge in [-0.3, -0.25) is 0 Å². The van der Waals surface area contributed by atoms with E-state index in [1.54, 1.807) is 18.6 Å². The zero-order chi connectivity index (χ0) is 14.4. The molecule has 2 rings (SSSR count). The topological polar surface area (TPSA) is 50.3 Å². The van der Waals surface area contributed by atoms with E-state index in [0.29, 0.717) is 11.8 Å². The predicted molar refractivity (Wildman–Crippen MR) is 83.7 cm³/mol. The molecule has 6 heteroatoms. The minimum atomic E-state index is 0.413. The van der Waals surface area contributed by atoms with E-state index in [1.807, 2.05) is 0 Å². The Morgan fingerprint density at radius 2 is 2.35 bits per heavy atom. The minimum Gasteiger partial charge on any atom is -0.383 e. The van der Waals surface area contributed by atoms with Crippen LogP contribution in [0.25, 0.3) is 0 Å². The van der Waals surface area contributed by atoms with Crippen molar-refractivity contribution in [2.24, 2.45) is 5.92 Å². The van der Waals surface area contributed by atoms with Crippen LogP contribution in [0, 0.1) is 5.92 Å². The summed E-state index contributed by atoms with van der Waals surface area (Å²) in [5, 5.41) is 4.56. The summed E-state index contributed by atoms with van der Waals surface area (Å²) < 4.78 is 9.52. The highest BCUT2D eigenvalue weighted by Crippen LogP contribution is 2.26. The van der Waals surface area contributed by atoms with Gasteiger partial charge in [-0.15, -0.1) is 0 Å². The minimum absolute atomic E-state index is 0.413. The molecule has 0 bridgehead atoms. The van der Waals surface area contributed by atoms with Gasteiger partial charge in [-0.05, 0) is 25.3 Å². The van der Waals surface area contributed by atoms with E-state index in [2.05, 4.69) is 33.4 Å². The number of aromatic nitrogens is 2. The normalized spacial score (nSPS) is 19.8. The van der Waals surface area contributed by atoms with Gasteiger partial charge in [0.05, 0.1) is 6.61 Å². The van der Waals surface area contributed by atoms with Crippen LogP contribution in [0.2, 0.25) is 0 Å². The van der Waals surface area contributed by atoms with Crippen LogP contribution < -0.4 is 10.2 Å². The molecule has 1 aliphatic rings. The molecule has 1 unspecified atom stereocenters. The van der Waals surface area contributed by atoms with E-state index in [-0.39, 0.29) is 0 Å². The van der Waals surface area contributed by atoms with Gasteiger partial charge in [0.15, 0.2) is 0 Å². The van der Waals surface area contributed by atoms with Crippen molar-refractivity contribution >= 4 is 16.7 Å². The van der Waals surface area contributed by atoms with Crippen molar-refractivity contribution < 1.29 is 4.74 Å². The third kappa shape index (κ3) is 4.40. The lowest BCUT2D eigenvalue weighted by molar-refractivity contribution is 0.197. The van der Waals surface area contributed by atoms with Crippen LogP contribution in [0.5, 0.6) is 0 Å². The molecule has 0 amide bonds. The van der Waals surface area contributed by atoms with Crippen molar-refractivity contribution in [3.63, 3.8) is 0 Å². The number of nitrogens with one attached hydrogen (secondary N) is 1. The predicted octanol–water partition coefficient (Wildman–Crippen LogP) is 2.11. The number of ether oxygens (including phenoxy) is 1. The Balaban J connectivity index is 1.83. The van der Waals surface area contributed by atoms with Crippen LogP contribution in [-0.4, -0.2) is 49.3 Å². The summed E-state index contributed by atoms with van der Waals surface area (Å²) >= 11 is 1.54. The van der Waals surface area contributed by atoms with E-state index < -0.39 is 0 Å². The number of anilines is 1. The SMILES string of the molecule is COCCNCC1CCCN(c2nc(C(C)C)ns2)C1. The Bertz CT molecular complexity index is 396. The van der Waals surface area contributed by atoms with Gasteiger partial charge in [-0.2, -0.15) is 4.37 Å². The fourth-order valence-electron chi connectivity index (χ4n) is 2.48. The van der Waals surface area contributed by atoms with Gasteiger partial charge in [0.25, 0.3) is 0 Å². The monoisotopic (exact) mass is 298 g/mol. The maximum Gasteiger partial charge on any atom is 0.205 e. The molecule has 5 nitrogen and oxygen atoms in total. The van der Waals surface area contributed by atoms with Crippen molar-refractivity contribution in [2.45, 2.75) is 32.6 Å². The first-order valence-electron chi connectivity index (χ1n) is 7.49. The van der Waals surface area contributed by atoms with E-state index in [1.165, 1.54) is 12.8 Å². The van der Waals surface area contributed by atoms with E-state index in [4.69, 9.17) is 4.74 Å². The molecule has 0 radical (unpaired) electrons. The molecule has 1 aromatic heterocycles. The summed E-state index contributed by atoms with van der Waals surface area (Å²) in [5.41, 5.74) is 0. The maximum atomic E-state index is 5.06. The lowest BCUT2D eigenvalue weighted by Gasteiger charge is -2.32. The standard InChI is InChI=1S/C14H26N4OS/c1-11(2)13-16-14(20-17-13)18-7-4-5-12(10-18)9-15-6-8-19-3/h11-12,15H,4-10H2,1-3H3. The van der Waals surface area contributed by atoms with Gasteiger partial charge in [0, 0.05) is 44.2 Å². The van der Waals surface area contributed by atoms with Gasteiger partial charge >= 0.3 is 0 Å². The van der Waals surface area contributed by atoms with Gasteiger partial charge in [0.1, 0.15) is 5.82 Å². The van der Waals surface area contributed by atoms with Gasteiger partial charge in [-0.1, -0.05) is 13.8 Å². The molecular weight excluding hydrogens is 272 g/mol. The highest BCUT2D eigenvalue weighted by Gasteiger charge is 2.22. The molecule has 1 atom stereocenters. The maximum absolute atomic E-state index is 5.06. The number of hydrogen-bond acceptors (Lipinski definition) is 6. The van der Waals surface area contributed by atoms with Crippen molar-refractivity contribution in [1.29, 1.82) is 0 Å². The summed E-state index contributed by atoms with van der Waals surface area (Å²) in [6.45, 7) is 9.27. The van der Waals surface area contributed by atoms with Crippen LogP contribution >= 0.6 is 11.5 Å². The molecule has 20 heavy (non-hydrogen) atoms. The van der Waals surface area contributed by atoms with E-state index in [0.717, 1.165) is 43.7 Å². The van der Waals surface area contributed by atoms with E-state index >= 15 is 0 Å². The van der Waals surface area contributed by atoms with Gasteiger partial charge < -0.3 is 15.0 Å². The Morgan fingerprint density at radius 1 is 1.50 bits per heavy atom. The van der Waals surface area contributed by atoms with Gasteiger partial charge in [0.2, 0.25) is 5.13 Å². The quantitative estimate of drug-likeness (QED) is 0.781. The summed E-state index contributed by atoms with van der Waals surface area (Å²) in [6, 6.07) is 0. The van der Waals surface area contributed by atoms with Crippen molar-refractivity contribution in [2.75, 3.05) is 44.8 Å². The second kappa shape index (κ2) is 7.90. The average molecular weight is 298 g/mol. The zero-order valence-electron chi connectivity index (χ0n) is 12.8. The van der Waals surface area contributed by atoms with E-state index in [9.17, 15) is 0 Å². The average Bonchev–Trinajstić information content (AvgIpc) is 2.94. The highest BCUT2D eigenvalue weighted by atomic mass is 32.1. The molecule has 0 aliphatic carbocycles. The first-order valence-corrected chi connectivity index (χ1v) is 8.26. The molecule has 0 spiro atoms. The fourth-order valence-corrected chi connectivity index (χ4v) is 3.32. The molecule has 0 aromatic carbocycles. The summed E-state index contributed by atoms with van der Waals surface area (Å²) in [6.07, 6.45) is 2.54. The lowest BCUT2D eigenvalue weighted by Crippen LogP contribution is -2.40. The first-order chi connectivity index (χ1) is 9.70. The Labute approximate surface area is 125 Å². The smallest absolute Gasteiger partial charge is 0.205 e. The third-order valence-corrected chi connectivity index (χ3v) is 4.44. The molecule has 2 heterocycles. The lowest BCUT2D eigenvalue weighted by atomic mass is 9.98. The molecular formula is C14H26N4OS. The molecule has 1 saturated heterocycles. The summed E-state index contributed by atoms with van der Waals surface area (Å²) in [7, 11) is 1.74. The van der Waals surface area contributed by atoms with Crippen molar-refractivity contribution in [3.8, 4) is 0 Å². The largest absolute Gasteiger partial charge is 0.383 e. The Kier molecular flexibility index (Phi) is 6.19. The molecule has 114 valence electrons. The molecule has 1 N–H and O–H groups in total. The molecule has 1 fully saturated rings. The Hall–Kier alpha value is -0.720. The van der Waals surface area contributed by atoms with Crippen LogP contribution in [-0.2, 0) is 4.74 Å². The molecule has 1 aromatic rings. The second-order valence-corrected chi connectivity index (χ2v) is 6.47. The van der Waals surface area contributed by atoms with Gasteiger partial charge in [-0.25, -0.2) is 4.98 Å². The second-order valence-electron chi connectivity index (χ2n) is 5.74.